The number of urea groups is 1. The fourth-order valence-electron chi connectivity index (χ4n) is 3.00. The van der Waals surface area contributed by atoms with E-state index in [1.165, 1.54) is 0 Å². The maximum Gasteiger partial charge on any atom is 0.323 e. The van der Waals surface area contributed by atoms with E-state index in [0.717, 1.165) is 11.1 Å². The normalized spacial score (nSPS) is 11.9. The van der Waals surface area contributed by atoms with Gasteiger partial charge in [-0.25, -0.2) is 4.79 Å². The molecule has 0 atom stereocenters. The summed E-state index contributed by atoms with van der Waals surface area (Å²) < 4.78 is 16.3. The number of fused-ring (bicyclic) bond motifs is 1. The molecule has 30 heavy (non-hydrogen) atoms. The second-order valence-electron chi connectivity index (χ2n) is 6.50. The van der Waals surface area contributed by atoms with E-state index < -0.39 is 0 Å². The summed E-state index contributed by atoms with van der Waals surface area (Å²) in [6.45, 7) is 0.185. The topological polar surface area (TPSA) is 98.5 Å². The Labute approximate surface area is 171 Å². The SMILES string of the molecule is O=C(Nc1ccc(-c2nnc(-c3ccccc3)o2)cc1)Nc1ccc2c(c1)OCO2. The van der Waals surface area contributed by atoms with Gasteiger partial charge in [0, 0.05) is 28.6 Å². The maximum atomic E-state index is 12.3. The molecular formula is C22H16N4O4. The van der Waals surface area contributed by atoms with E-state index in [1.54, 1.807) is 42.5 Å². The van der Waals surface area contributed by atoms with Crippen LogP contribution in [0, 0.1) is 0 Å². The molecule has 0 bridgehead atoms. The molecule has 0 fully saturated rings. The number of hydrogen-bond acceptors (Lipinski definition) is 6. The molecule has 1 aliphatic rings. The van der Waals surface area contributed by atoms with Crippen LogP contribution in [-0.2, 0) is 0 Å². The third-order valence-corrected chi connectivity index (χ3v) is 4.47. The lowest BCUT2D eigenvalue weighted by atomic mass is 10.2. The first-order chi connectivity index (χ1) is 14.7. The van der Waals surface area contributed by atoms with Crippen LogP contribution in [0.2, 0.25) is 0 Å². The van der Waals surface area contributed by atoms with Gasteiger partial charge in [-0.05, 0) is 48.5 Å². The van der Waals surface area contributed by atoms with Crippen LogP contribution in [0.3, 0.4) is 0 Å². The predicted molar refractivity (Wildman–Crippen MR) is 110 cm³/mol. The van der Waals surface area contributed by atoms with Gasteiger partial charge in [-0.2, -0.15) is 0 Å². The van der Waals surface area contributed by atoms with Gasteiger partial charge in [0.2, 0.25) is 18.6 Å². The molecule has 3 aromatic carbocycles. The van der Waals surface area contributed by atoms with Crippen molar-refractivity contribution in [3.05, 3.63) is 72.8 Å². The number of carbonyl (C=O) groups is 1. The van der Waals surface area contributed by atoms with E-state index in [9.17, 15) is 4.79 Å². The zero-order valence-corrected chi connectivity index (χ0v) is 15.7. The molecule has 4 aromatic rings. The number of benzene rings is 3. The molecule has 1 aliphatic heterocycles. The highest BCUT2D eigenvalue weighted by Crippen LogP contribution is 2.34. The first-order valence-electron chi connectivity index (χ1n) is 9.22. The van der Waals surface area contributed by atoms with Crippen molar-refractivity contribution in [1.29, 1.82) is 0 Å². The van der Waals surface area contributed by atoms with Gasteiger partial charge in [0.05, 0.1) is 0 Å². The van der Waals surface area contributed by atoms with Crippen LogP contribution in [0.1, 0.15) is 0 Å². The summed E-state index contributed by atoms with van der Waals surface area (Å²) in [7, 11) is 0. The number of carbonyl (C=O) groups excluding carboxylic acids is 1. The molecule has 0 saturated carbocycles. The van der Waals surface area contributed by atoms with Crippen LogP contribution >= 0.6 is 0 Å². The Morgan fingerprint density at radius 1 is 0.733 bits per heavy atom. The predicted octanol–water partition coefficient (Wildman–Crippen LogP) is 4.78. The van der Waals surface area contributed by atoms with Gasteiger partial charge in [0.25, 0.3) is 0 Å². The van der Waals surface area contributed by atoms with E-state index in [1.807, 2.05) is 30.3 Å². The molecule has 0 aliphatic carbocycles. The largest absolute Gasteiger partial charge is 0.454 e. The van der Waals surface area contributed by atoms with Crippen molar-refractivity contribution in [3.63, 3.8) is 0 Å². The number of ether oxygens (including phenoxy) is 2. The highest BCUT2D eigenvalue weighted by Gasteiger charge is 2.14. The van der Waals surface area contributed by atoms with Gasteiger partial charge < -0.3 is 24.5 Å². The summed E-state index contributed by atoms with van der Waals surface area (Å²) in [6.07, 6.45) is 0. The number of anilines is 2. The van der Waals surface area contributed by atoms with Gasteiger partial charge in [-0.15, -0.1) is 10.2 Å². The van der Waals surface area contributed by atoms with Crippen LogP contribution in [0.5, 0.6) is 11.5 Å². The minimum atomic E-state index is -0.370. The monoisotopic (exact) mass is 400 g/mol. The van der Waals surface area contributed by atoms with Gasteiger partial charge in [-0.1, -0.05) is 18.2 Å². The maximum absolute atomic E-state index is 12.3. The van der Waals surface area contributed by atoms with Crippen molar-refractivity contribution < 1.29 is 18.7 Å². The van der Waals surface area contributed by atoms with Crippen molar-refractivity contribution in [2.75, 3.05) is 17.4 Å². The Morgan fingerprint density at radius 2 is 1.37 bits per heavy atom. The summed E-state index contributed by atoms with van der Waals surface area (Å²) in [5, 5.41) is 13.7. The van der Waals surface area contributed by atoms with Gasteiger partial charge in [0.1, 0.15) is 0 Å². The molecule has 8 heteroatoms. The first-order valence-corrected chi connectivity index (χ1v) is 9.22. The molecule has 1 aromatic heterocycles. The molecule has 0 radical (unpaired) electrons. The van der Waals surface area contributed by atoms with Crippen LogP contribution in [0.15, 0.2) is 77.2 Å². The lowest BCUT2D eigenvalue weighted by molar-refractivity contribution is 0.174. The lowest BCUT2D eigenvalue weighted by Gasteiger charge is -2.08. The van der Waals surface area contributed by atoms with Gasteiger partial charge in [-0.3, -0.25) is 0 Å². The van der Waals surface area contributed by atoms with Crippen molar-refractivity contribution >= 4 is 17.4 Å². The zero-order chi connectivity index (χ0) is 20.3. The van der Waals surface area contributed by atoms with Crippen LogP contribution in [0.4, 0.5) is 16.2 Å². The van der Waals surface area contributed by atoms with Gasteiger partial charge in [0.15, 0.2) is 11.5 Å². The van der Waals surface area contributed by atoms with Crippen molar-refractivity contribution in [1.82, 2.24) is 10.2 Å². The number of nitrogens with one attached hydrogen (secondary N) is 2. The van der Waals surface area contributed by atoms with Crippen molar-refractivity contribution in [2.45, 2.75) is 0 Å². The molecular weight excluding hydrogens is 384 g/mol. The summed E-state index contributed by atoms with van der Waals surface area (Å²) >= 11 is 0. The summed E-state index contributed by atoms with van der Waals surface area (Å²) in [5.41, 5.74) is 2.84. The number of hydrogen-bond donors (Lipinski definition) is 2. The molecule has 5 rings (SSSR count). The third-order valence-electron chi connectivity index (χ3n) is 4.47. The van der Waals surface area contributed by atoms with E-state index in [0.29, 0.717) is 34.7 Å². The fourth-order valence-corrected chi connectivity index (χ4v) is 3.00. The van der Waals surface area contributed by atoms with Crippen molar-refractivity contribution in [3.8, 4) is 34.4 Å². The third kappa shape index (κ3) is 3.66. The molecule has 2 N–H and O–H groups in total. The van der Waals surface area contributed by atoms with E-state index >= 15 is 0 Å². The molecule has 2 heterocycles. The molecule has 8 nitrogen and oxygen atoms in total. The molecule has 0 unspecified atom stereocenters. The Balaban J connectivity index is 1.24. The average molecular weight is 400 g/mol. The molecule has 2 amide bonds. The van der Waals surface area contributed by atoms with E-state index in [2.05, 4.69) is 20.8 Å². The van der Waals surface area contributed by atoms with Crippen LogP contribution in [-0.4, -0.2) is 23.0 Å². The summed E-state index contributed by atoms with van der Waals surface area (Å²) in [6, 6.07) is 21.5. The number of amides is 2. The lowest BCUT2D eigenvalue weighted by Crippen LogP contribution is -2.19. The highest BCUT2D eigenvalue weighted by atomic mass is 16.7. The van der Waals surface area contributed by atoms with E-state index in [-0.39, 0.29) is 12.8 Å². The number of aromatic nitrogens is 2. The molecule has 0 spiro atoms. The Bertz CT molecular complexity index is 1190. The molecule has 148 valence electrons. The molecule has 0 saturated heterocycles. The fraction of sp³-hybridized carbons (Fsp3) is 0.0455. The Morgan fingerprint density at radius 3 is 2.13 bits per heavy atom. The van der Waals surface area contributed by atoms with Crippen LogP contribution < -0.4 is 20.1 Å². The van der Waals surface area contributed by atoms with Crippen molar-refractivity contribution in [2.24, 2.45) is 0 Å². The zero-order valence-electron chi connectivity index (χ0n) is 15.7. The number of rotatable bonds is 4. The minimum absolute atomic E-state index is 0.185. The summed E-state index contributed by atoms with van der Waals surface area (Å²) in [4.78, 5) is 12.3. The summed E-state index contributed by atoms with van der Waals surface area (Å²) in [5.74, 6) is 2.13. The van der Waals surface area contributed by atoms with Gasteiger partial charge >= 0.3 is 6.03 Å². The second-order valence-corrected chi connectivity index (χ2v) is 6.50. The van der Waals surface area contributed by atoms with E-state index in [4.69, 9.17) is 13.9 Å². The Hall–Kier alpha value is -4.33. The minimum Gasteiger partial charge on any atom is -0.454 e. The second kappa shape index (κ2) is 7.59. The Kier molecular flexibility index (Phi) is 4.49. The standard InChI is InChI=1S/C22H16N4O4/c27-22(24-17-10-11-18-19(12-17)29-13-28-18)23-16-8-6-15(7-9-16)21-26-25-20(30-21)14-4-2-1-3-5-14/h1-12H,13H2,(H2,23,24,27). The quantitative estimate of drug-likeness (QED) is 0.512. The van der Waals surface area contributed by atoms with Crippen LogP contribution in [0.25, 0.3) is 22.9 Å². The number of nitrogens with zero attached hydrogens (tertiary/aromatic N) is 2. The highest BCUT2D eigenvalue weighted by molar-refractivity contribution is 6.00. The first kappa shape index (κ1) is 17.7. The smallest absolute Gasteiger partial charge is 0.323 e. The average Bonchev–Trinajstić information content (AvgIpc) is 3.44.